The number of aryl methyl sites for hydroxylation is 1. The summed E-state index contributed by atoms with van der Waals surface area (Å²) in [6.07, 6.45) is 2.15. The first-order valence-electron chi connectivity index (χ1n) is 6.93. The molecule has 7 heteroatoms. The predicted octanol–water partition coefficient (Wildman–Crippen LogP) is 2.33. The van der Waals surface area contributed by atoms with Crippen molar-refractivity contribution in [3.8, 4) is 0 Å². The smallest absolute Gasteiger partial charge is 0.274 e. The Morgan fingerprint density at radius 3 is 2.86 bits per heavy atom. The topological polar surface area (TPSA) is 84.3 Å². The number of piperidine rings is 1. The van der Waals surface area contributed by atoms with E-state index >= 15 is 0 Å². The number of nitro groups is 1. The van der Waals surface area contributed by atoms with Gasteiger partial charge in [-0.25, -0.2) is 0 Å². The number of benzene rings is 1. The average Bonchev–Trinajstić information content (AvgIpc) is 2.48. The summed E-state index contributed by atoms with van der Waals surface area (Å²) in [5, 5.41) is 17.4. The Labute approximate surface area is 127 Å². The van der Waals surface area contributed by atoms with Gasteiger partial charge in [0.25, 0.3) is 5.69 Å². The summed E-state index contributed by atoms with van der Waals surface area (Å²) in [6, 6.07) is 4.74. The van der Waals surface area contributed by atoms with E-state index < -0.39 is 4.92 Å². The summed E-state index contributed by atoms with van der Waals surface area (Å²) < 4.78 is 0. The molecular formula is C14H19N3O3S. The van der Waals surface area contributed by atoms with E-state index in [4.69, 9.17) is 0 Å². The van der Waals surface area contributed by atoms with Gasteiger partial charge in [0.1, 0.15) is 0 Å². The van der Waals surface area contributed by atoms with Crippen molar-refractivity contribution in [2.24, 2.45) is 0 Å². The van der Waals surface area contributed by atoms with Crippen molar-refractivity contribution < 1.29 is 9.72 Å². The van der Waals surface area contributed by atoms with Crippen molar-refractivity contribution in [2.75, 3.05) is 24.2 Å². The first-order valence-corrected chi connectivity index (χ1v) is 7.98. The maximum absolute atomic E-state index is 11.9. The number of hydrogen-bond donors (Lipinski definition) is 2. The molecule has 1 heterocycles. The van der Waals surface area contributed by atoms with Crippen LogP contribution in [0.3, 0.4) is 0 Å². The quantitative estimate of drug-likeness (QED) is 0.644. The van der Waals surface area contributed by atoms with E-state index in [1.165, 1.54) is 6.07 Å². The molecule has 21 heavy (non-hydrogen) atoms. The Morgan fingerprint density at radius 2 is 2.19 bits per heavy atom. The summed E-state index contributed by atoms with van der Waals surface area (Å²) in [5.41, 5.74) is 1.09. The molecule has 1 saturated heterocycles. The molecule has 6 nitrogen and oxygen atoms in total. The molecule has 114 valence electrons. The molecule has 1 fully saturated rings. The lowest BCUT2D eigenvalue weighted by Gasteiger charge is -2.21. The van der Waals surface area contributed by atoms with E-state index in [-0.39, 0.29) is 11.6 Å². The van der Waals surface area contributed by atoms with E-state index in [0.717, 1.165) is 25.9 Å². The average molecular weight is 309 g/mol. The first-order chi connectivity index (χ1) is 10.1. The zero-order valence-corrected chi connectivity index (χ0v) is 12.7. The zero-order chi connectivity index (χ0) is 15.2. The molecule has 0 atom stereocenters. The Morgan fingerprint density at radius 1 is 1.48 bits per heavy atom. The van der Waals surface area contributed by atoms with E-state index in [1.54, 1.807) is 30.8 Å². The second-order valence-corrected chi connectivity index (χ2v) is 6.36. The largest absolute Gasteiger partial charge is 0.325 e. The van der Waals surface area contributed by atoms with Gasteiger partial charge < -0.3 is 10.6 Å². The third-order valence-electron chi connectivity index (χ3n) is 3.43. The molecule has 1 aromatic carbocycles. The highest BCUT2D eigenvalue weighted by atomic mass is 32.2. The van der Waals surface area contributed by atoms with Crippen LogP contribution >= 0.6 is 11.8 Å². The highest BCUT2D eigenvalue weighted by molar-refractivity contribution is 8.00. The number of rotatable bonds is 5. The number of amides is 1. The summed E-state index contributed by atoms with van der Waals surface area (Å²) in [7, 11) is 0. The second-order valence-electron chi connectivity index (χ2n) is 5.07. The molecule has 0 spiro atoms. The minimum atomic E-state index is -0.436. The number of thioether (sulfide) groups is 1. The minimum Gasteiger partial charge on any atom is -0.325 e. The Hall–Kier alpha value is -1.60. The van der Waals surface area contributed by atoms with Gasteiger partial charge in [-0.1, -0.05) is 6.07 Å². The zero-order valence-electron chi connectivity index (χ0n) is 11.9. The summed E-state index contributed by atoms with van der Waals surface area (Å²) in [6.45, 7) is 3.68. The lowest BCUT2D eigenvalue weighted by atomic mass is 10.2. The SMILES string of the molecule is Cc1ccc(NC(=O)CSC2CCNCC2)cc1[N+](=O)[O-]. The van der Waals surface area contributed by atoms with E-state index in [1.807, 2.05) is 0 Å². The fourth-order valence-electron chi connectivity index (χ4n) is 2.24. The number of carbonyl (C=O) groups excluding carboxylic acids is 1. The van der Waals surface area contributed by atoms with Gasteiger partial charge in [0.05, 0.1) is 10.7 Å². The molecule has 1 aliphatic heterocycles. The van der Waals surface area contributed by atoms with Gasteiger partial charge in [-0.2, -0.15) is 0 Å². The molecule has 0 aliphatic carbocycles. The van der Waals surface area contributed by atoms with Gasteiger partial charge in [0, 0.05) is 22.6 Å². The molecule has 0 bridgehead atoms. The number of carbonyl (C=O) groups is 1. The van der Waals surface area contributed by atoms with Crippen LogP contribution in [-0.2, 0) is 4.79 Å². The van der Waals surface area contributed by atoms with Gasteiger partial charge in [-0.3, -0.25) is 14.9 Å². The maximum Gasteiger partial charge on any atom is 0.274 e. The molecule has 2 rings (SSSR count). The molecule has 0 saturated carbocycles. The van der Waals surface area contributed by atoms with Crippen LogP contribution in [0.2, 0.25) is 0 Å². The lowest BCUT2D eigenvalue weighted by molar-refractivity contribution is -0.385. The third-order valence-corrected chi connectivity index (χ3v) is 4.80. The van der Waals surface area contributed by atoms with E-state index in [9.17, 15) is 14.9 Å². The van der Waals surface area contributed by atoms with Gasteiger partial charge in [0.15, 0.2) is 0 Å². The van der Waals surface area contributed by atoms with Gasteiger partial charge in [0.2, 0.25) is 5.91 Å². The Kier molecular flexibility index (Phi) is 5.58. The van der Waals surface area contributed by atoms with E-state index in [0.29, 0.717) is 22.3 Å². The Balaban J connectivity index is 1.87. The number of hydrogen-bond acceptors (Lipinski definition) is 5. The highest BCUT2D eigenvalue weighted by Gasteiger charge is 2.16. The van der Waals surface area contributed by atoms with Crippen LogP contribution in [0.15, 0.2) is 18.2 Å². The van der Waals surface area contributed by atoms with Gasteiger partial charge in [-0.05, 0) is 38.9 Å². The van der Waals surface area contributed by atoms with Gasteiger partial charge >= 0.3 is 0 Å². The second kappa shape index (κ2) is 7.42. The summed E-state index contributed by atoms with van der Waals surface area (Å²) in [5.74, 6) is 0.267. The van der Waals surface area contributed by atoms with Crippen LogP contribution < -0.4 is 10.6 Å². The molecular weight excluding hydrogens is 290 g/mol. The summed E-state index contributed by atoms with van der Waals surface area (Å²) in [4.78, 5) is 22.3. The lowest BCUT2D eigenvalue weighted by Crippen LogP contribution is -2.30. The van der Waals surface area contributed by atoms with E-state index in [2.05, 4.69) is 10.6 Å². The number of nitro benzene ring substituents is 1. The van der Waals surface area contributed by atoms with Crippen molar-refractivity contribution in [1.82, 2.24) is 5.32 Å². The standard InChI is InChI=1S/C14H19N3O3S/c1-10-2-3-11(8-13(10)17(19)20)16-14(18)9-21-12-4-6-15-7-5-12/h2-3,8,12,15H,4-7,9H2,1H3,(H,16,18). The molecule has 0 aromatic heterocycles. The summed E-state index contributed by atoms with van der Waals surface area (Å²) >= 11 is 1.65. The fraction of sp³-hybridized carbons (Fsp3) is 0.500. The van der Waals surface area contributed by atoms with Crippen LogP contribution in [0.5, 0.6) is 0 Å². The normalized spacial score (nSPS) is 15.7. The molecule has 1 amide bonds. The van der Waals surface area contributed by atoms with Crippen LogP contribution in [0, 0.1) is 17.0 Å². The maximum atomic E-state index is 11.9. The number of anilines is 1. The molecule has 0 radical (unpaired) electrons. The molecule has 1 aromatic rings. The van der Waals surface area contributed by atoms with Crippen molar-refractivity contribution >= 4 is 29.0 Å². The van der Waals surface area contributed by atoms with Crippen molar-refractivity contribution in [3.05, 3.63) is 33.9 Å². The monoisotopic (exact) mass is 309 g/mol. The van der Waals surface area contributed by atoms with Gasteiger partial charge in [-0.15, -0.1) is 11.8 Å². The minimum absolute atomic E-state index is 0.0267. The van der Waals surface area contributed by atoms with Crippen molar-refractivity contribution in [2.45, 2.75) is 25.0 Å². The van der Waals surface area contributed by atoms with Crippen LogP contribution in [0.4, 0.5) is 11.4 Å². The van der Waals surface area contributed by atoms with Crippen molar-refractivity contribution in [1.29, 1.82) is 0 Å². The van der Waals surface area contributed by atoms with Crippen LogP contribution in [0.25, 0.3) is 0 Å². The molecule has 0 unspecified atom stereocenters. The molecule has 1 aliphatic rings. The highest BCUT2D eigenvalue weighted by Crippen LogP contribution is 2.23. The third kappa shape index (κ3) is 4.71. The Bertz CT molecular complexity index is 530. The fourth-order valence-corrected chi connectivity index (χ4v) is 3.26. The number of nitrogens with one attached hydrogen (secondary N) is 2. The molecule has 2 N–H and O–H groups in total. The van der Waals surface area contributed by atoms with Crippen LogP contribution in [-0.4, -0.2) is 34.9 Å². The first kappa shape index (κ1) is 15.8. The van der Waals surface area contributed by atoms with Crippen LogP contribution in [0.1, 0.15) is 18.4 Å². The number of nitrogens with zero attached hydrogens (tertiary/aromatic N) is 1. The van der Waals surface area contributed by atoms with Crippen molar-refractivity contribution in [3.63, 3.8) is 0 Å². The predicted molar refractivity (Wildman–Crippen MR) is 84.8 cm³/mol.